The first-order valence-electron chi connectivity index (χ1n) is 5.73. The molecule has 0 amide bonds. The van der Waals surface area contributed by atoms with Crippen LogP contribution in [0.15, 0.2) is 26.0 Å². The molecule has 0 unspecified atom stereocenters. The molecule has 2 rings (SSSR count). The van der Waals surface area contributed by atoms with E-state index in [0.29, 0.717) is 21.5 Å². The van der Waals surface area contributed by atoms with E-state index in [9.17, 15) is 8.42 Å². The normalized spacial score (nSPS) is 11.6. The van der Waals surface area contributed by atoms with Crippen molar-refractivity contribution in [2.45, 2.75) is 25.7 Å². The van der Waals surface area contributed by atoms with Crippen LogP contribution in [0.3, 0.4) is 0 Å². The Morgan fingerprint density at radius 2 is 1.95 bits per heavy atom. The zero-order valence-electron chi connectivity index (χ0n) is 11.2. The molecule has 1 aromatic carbocycles. The molecule has 0 fully saturated rings. The van der Waals surface area contributed by atoms with Crippen molar-refractivity contribution < 1.29 is 12.9 Å². The van der Waals surface area contributed by atoms with E-state index in [1.807, 2.05) is 6.92 Å². The van der Waals surface area contributed by atoms with E-state index in [1.54, 1.807) is 26.0 Å². The third-order valence-electron chi connectivity index (χ3n) is 2.74. The Morgan fingerprint density at radius 3 is 2.45 bits per heavy atom. The SMILES string of the molecule is Cc1cc(N)c(NS(=O)(=O)c2c(C)noc2C)c(Br)c1. The fourth-order valence-electron chi connectivity index (χ4n) is 1.92. The lowest BCUT2D eigenvalue weighted by Crippen LogP contribution is -2.16. The van der Waals surface area contributed by atoms with Gasteiger partial charge in [0.15, 0.2) is 10.7 Å². The maximum Gasteiger partial charge on any atom is 0.267 e. The van der Waals surface area contributed by atoms with Crippen LogP contribution in [0.5, 0.6) is 0 Å². The number of nitrogens with zero attached hydrogens (tertiary/aromatic N) is 1. The molecule has 2 aromatic rings. The fraction of sp³-hybridized carbons (Fsp3) is 0.250. The lowest BCUT2D eigenvalue weighted by Gasteiger charge is -2.12. The number of sulfonamides is 1. The molecule has 0 saturated carbocycles. The van der Waals surface area contributed by atoms with Crippen LogP contribution in [0.1, 0.15) is 17.0 Å². The van der Waals surface area contributed by atoms with Gasteiger partial charge in [-0.25, -0.2) is 8.42 Å². The number of benzene rings is 1. The highest BCUT2D eigenvalue weighted by Gasteiger charge is 2.25. The molecule has 8 heteroatoms. The Morgan fingerprint density at radius 1 is 1.30 bits per heavy atom. The van der Waals surface area contributed by atoms with Crippen molar-refractivity contribution in [3.8, 4) is 0 Å². The average Bonchev–Trinajstić information content (AvgIpc) is 2.64. The molecular weight excluding hydrogens is 346 g/mol. The number of nitrogens with one attached hydrogen (secondary N) is 1. The van der Waals surface area contributed by atoms with Crippen LogP contribution in [0.2, 0.25) is 0 Å². The summed E-state index contributed by atoms with van der Waals surface area (Å²) in [7, 11) is -3.81. The fourth-order valence-corrected chi connectivity index (χ4v) is 4.18. The van der Waals surface area contributed by atoms with Crippen molar-refractivity contribution in [1.82, 2.24) is 5.16 Å². The predicted molar refractivity (Wildman–Crippen MR) is 80.1 cm³/mol. The third kappa shape index (κ3) is 2.66. The van der Waals surface area contributed by atoms with Gasteiger partial charge in [-0.15, -0.1) is 0 Å². The van der Waals surface area contributed by atoms with Gasteiger partial charge in [0.2, 0.25) is 0 Å². The summed E-state index contributed by atoms with van der Waals surface area (Å²) in [4.78, 5) is 0.0318. The van der Waals surface area contributed by atoms with Crippen LogP contribution in [0.25, 0.3) is 0 Å². The molecule has 0 aliphatic rings. The van der Waals surface area contributed by atoms with Crippen LogP contribution in [0.4, 0.5) is 11.4 Å². The molecule has 108 valence electrons. The maximum atomic E-state index is 12.4. The summed E-state index contributed by atoms with van der Waals surface area (Å²) in [5.74, 6) is 0.233. The second kappa shape index (κ2) is 5.10. The van der Waals surface area contributed by atoms with Gasteiger partial charge < -0.3 is 10.3 Å². The van der Waals surface area contributed by atoms with Gasteiger partial charge in [-0.05, 0) is 54.4 Å². The van der Waals surface area contributed by atoms with Crippen molar-refractivity contribution in [1.29, 1.82) is 0 Å². The standard InChI is InChI=1S/C12H14BrN3O3S/c1-6-4-9(13)11(10(14)5-6)16-20(17,18)12-7(2)15-19-8(12)3/h4-5,16H,14H2,1-3H3. The van der Waals surface area contributed by atoms with Gasteiger partial charge in [0.1, 0.15) is 5.69 Å². The topological polar surface area (TPSA) is 98.2 Å². The number of nitrogens with two attached hydrogens (primary N) is 1. The van der Waals surface area contributed by atoms with Gasteiger partial charge in [0, 0.05) is 4.47 Å². The average molecular weight is 360 g/mol. The van der Waals surface area contributed by atoms with Crippen molar-refractivity contribution in [2.75, 3.05) is 10.5 Å². The summed E-state index contributed by atoms with van der Waals surface area (Å²) < 4.78 is 32.7. The molecule has 1 aromatic heterocycles. The lowest BCUT2D eigenvalue weighted by atomic mass is 10.2. The van der Waals surface area contributed by atoms with E-state index in [1.165, 1.54) is 0 Å². The summed E-state index contributed by atoms with van der Waals surface area (Å²) in [6.07, 6.45) is 0. The van der Waals surface area contributed by atoms with Gasteiger partial charge >= 0.3 is 0 Å². The van der Waals surface area contributed by atoms with Crippen LogP contribution in [0, 0.1) is 20.8 Å². The summed E-state index contributed by atoms with van der Waals surface area (Å²) in [6, 6.07) is 3.47. The van der Waals surface area contributed by atoms with Gasteiger partial charge in [0.25, 0.3) is 10.0 Å². The minimum Gasteiger partial charge on any atom is -0.397 e. The van der Waals surface area contributed by atoms with Crippen molar-refractivity contribution in [3.05, 3.63) is 33.6 Å². The Hall–Kier alpha value is -1.54. The molecule has 0 atom stereocenters. The van der Waals surface area contributed by atoms with Crippen LogP contribution >= 0.6 is 15.9 Å². The van der Waals surface area contributed by atoms with E-state index in [4.69, 9.17) is 10.3 Å². The Balaban J connectivity index is 2.50. The number of aryl methyl sites for hydroxylation is 3. The molecule has 0 spiro atoms. The predicted octanol–water partition coefficient (Wildman–Crippen LogP) is 2.75. The smallest absolute Gasteiger partial charge is 0.267 e. The lowest BCUT2D eigenvalue weighted by molar-refractivity contribution is 0.390. The molecule has 0 aliphatic heterocycles. The second-order valence-corrected chi connectivity index (χ2v) is 6.94. The van der Waals surface area contributed by atoms with E-state index in [-0.39, 0.29) is 10.7 Å². The summed E-state index contributed by atoms with van der Waals surface area (Å²) in [5.41, 5.74) is 7.73. The molecular formula is C12H14BrN3O3S. The maximum absolute atomic E-state index is 12.4. The highest BCUT2D eigenvalue weighted by atomic mass is 79.9. The van der Waals surface area contributed by atoms with E-state index in [0.717, 1.165) is 5.56 Å². The Kier molecular flexibility index (Phi) is 3.79. The quantitative estimate of drug-likeness (QED) is 0.820. The first-order valence-corrected chi connectivity index (χ1v) is 8.01. The summed E-state index contributed by atoms with van der Waals surface area (Å²) >= 11 is 3.30. The van der Waals surface area contributed by atoms with E-state index >= 15 is 0 Å². The third-order valence-corrected chi connectivity index (χ3v) is 4.96. The van der Waals surface area contributed by atoms with Gasteiger partial charge in [0.05, 0.1) is 11.4 Å². The second-order valence-electron chi connectivity index (χ2n) is 4.47. The van der Waals surface area contributed by atoms with E-state index in [2.05, 4.69) is 25.8 Å². The molecule has 0 saturated heterocycles. The van der Waals surface area contributed by atoms with Crippen LogP contribution in [-0.4, -0.2) is 13.6 Å². The van der Waals surface area contributed by atoms with Crippen molar-refractivity contribution in [2.24, 2.45) is 0 Å². The number of hydrogen-bond acceptors (Lipinski definition) is 5. The number of aromatic nitrogens is 1. The largest absolute Gasteiger partial charge is 0.397 e. The van der Waals surface area contributed by atoms with E-state index < -0.39 is 10.0 Å². The number of anilines is 2. The van der Waals surface area contributed by atoms with Crippen LogP contribution in [-0.2, 0) is 10.0 Å². The highest BCUT2D eigenvalue weighted by molar-refractivity contribution is 9.10. The minimum atomic E-state index is -3.81. The summed E-state index contributed by atoms with van der Waals surface area (Å²) in [5, 5.41) is 3.65. The first-order chi connectivity index (χ1) is 9.22. The molecule has 6 nitrogen and oxygen atoms in total. The van der Waals surface area contributed by atoms with Gasteiger partial charge in [-0.1, -0.05) is 5.16 Å². The summed E-state index contributed by atoms with van der Waals surface area (Å²) in [6.45, 7) is 4.98. The van der Waals surface area contributed by atoms with Gasteiger partial charge in [-0.3, -0.25) is 4.72 Å². The monoisotopic (exact) mass is 359 g/mol. The molecule has 0 radical (unpaired) electrons. The zero-order chi connectivity index (χ0) is 15.1. The van der Waals surface area contributed by atoms with Gasteiger partial charge in [-0.2, -0.15) is 0 Å². The Labute approximate surface area is 125 Å². The Bertz CT molecular complexity index is 726. The molecule has 1 heterocycles. The molecule has 0 bridgehead atoms. The molecule has 3 N–H and O–H groups in total. The van der Waals surface area contributed by atoms with Crippen LogP contribution < -0.4 is 10.5 Å². The minimum absolute atomic E-state index is 0.0318. The molecule has 0 aliphatic carbocycles. The first kappa shape index (κ1) is 14.9. The number of nitrogen functional groups attached to an aromatic ring is 1. The van der Waals surface area contributed by atoms with Crippen molar-refractivity contribution in [3.63, 3.8) is 0 Å². The highest BCUT2D eigenvalue weighted by Crippen LogP contribution is 2.33. The molecule has 20 heavy (non-hydrogen) atoms. The number of halogens is 1. The zero-order valence-corrected chi connectivity index (χ0v) is 13.6. The number of hydrogen-bond donors (Lipinski definition) is 2. The number of rotatable bonds is 3. The van der Waals surface area contributed by atoms with Crippen molar-refractivity contribution >= 4 is 37.3 Å².